The minimum Gasteiger partial charge on any atom is -0.314 e. The summed E-state index contributed by atoms with van der Waals surface area (Å²) in [6.45, 7) is 5.32. The van der Waals surface area contributed by atoms with Gasteiger partial charge in [0.1, 0.15) is 0 Å². The molecule has 0 saturated heterocycles. The highest BCUT2D eigenvalue weighted by molar-refractivity contribution is 7.09. The van der Waals surface area contributed by atoms with E-state index in [1.54, 1.807) is 22.5 Å². The Morgan fingerprint density at radius 3 is 2.86 bits per heavy atom. The van der Waals surface area contributed by atoms with E-state index < -0.39 is 0 Å². The first kappa shape index (κ1) is 14.7. The Hall–Kier alpha value is -1.19. The molecule has 2 nitrogen and oxygen atoms in total. The summed E-state index contributed by atoms with van der Waals surface area (Å²) in [4.78, 5) is 4.65. The van der Waals surface area contributed by atoms with E-state index in [0.717, 1.165) is 24.6 Å². The standard InChI is InChI=1S/C18H24N2S/c1-3-19-17(11-18-20-13(2)12-21-18)16-9-8-14-6-4-5-7-15(14)10-16/h4-7,12,16-17,19H,3,8-11H2,1-2H3. The number of rotatable bonds is 5. The highest BCUT2D eigenvalue weighted by Gasteiger charge is 2.26. The predicted octanol–water partition coefficient (Wildman–Crippen LogP) is 3.78. The molecule has 0 bridgehead atoms. The number of nitrogens with zero attached hydrogens (tertiary/aromatic N) is 1. The van der Waals surface area contributed by atoms with Gasteiger partial charge < -0.3 is 5.32 Å². The van der Waals surface area contributed by atoms with Crippen molar-refractivity contribution in [2.75, 3.05) is 6.54 Å². The second kappa shape index (κ2) is 6.71. The van der Waals surface area contributed by atoms with Gasteiger partial charge >= 0.3 is 0 Å². The third-order valence-electron chi connectivity index (χ3n) is 4.48. The number of fused-ring (bicyclic) bond motifs is 1. The zero-order valence-electron chi connectivity index (χ0n) is 12.9. The van der Waals surface area contributed by atoms with Crippen LogP contribution >= 0.6 is 11.3 Å². The van der Waals surface area contributed by atoms with Crippen molar-refractivity contribution in [1.82, 2.24) is 10.3 Å². The van der Waals surface area contributed by atoms with E-state index in [1.165, 1.54) is 24.3 Å². The second-order valence-electron chi connectivity index (χ2n) is 6.02. The van der Waals surface area contributed by atoms with Crippen LogP contribution in [0.1, 0.15) is 35.2 Å². The Labute approximate surface area is 131 Å². The van der Waals surface area contributed by atoms with Gasteiger partial charge in [0.2, 0.25) is 0 Å². The lowest BCUT2D eigenvalue weighted by molar-refractivity contribution is 0.322. The molecule has 3 rings (SSSR count). The minimum atomic E-state index is 0.550. The van der Waals surface area contributed by atoms with Crippen LogP contribution in [-0.4, -0.2) is 17.6 Å². The summed E-state index contributed by atoms with van der Waals surface area (Å²) >= 11 is 1.80. The average molecular weight is 300 g/mol. The molecule has 2 aromatic rings. The fourth-order valence-electron chi connectivity index (χ4n) is 3.42. The predicted molar refractivity (Wildman–Crippen MR) is 90.0 cm³/mol. The van der Waals surface area contributed by atoms with Gasteiger partial charge in [0.25, 0.3) is 0 Å². The topological polar surface area (TPSA) is 24.9 Å². The van der Waals surface area contributed by atoms with Crippen LogP contribution in [0, 0.1) is 12.8 Å². The molecule has 1 heterocycles. The van der Waals surface area contributed by atoms with Crippen molar-refractivity contribution in [3.63, 3.8) is 0 Å². The van der Waals surface area contributed by atoms with E-state index in [9.17, 15) is 0 Å². The molecule has 1 N–H and O–H groups in total. The summed E-state index contributed by atoms with van der Waals surface area (Å²) < 4.78 is 0. The van der Waals surface area contributed by atoms with Crippen molar-refractivity contribution in [2.24, 2.45) is 5.92 Å². The van der Waals surface area contributed by atoms with Gasteiger partial charge in [-0.25, -0.2) is 4.98 Å². The van der Waals surface area contributed by atoms with E-state index >= 15 is 0 Å². The molecule has 0 amide bonds. The van der Waals surface area contributed by atoms with Crippen molar-refractivity contribution in [1.29, 1.82) is 0 Å². The Bertz CT molecular complexity index is 590. The van der Waals surface area contributed by atoms with Crippen LogP contribution in [0.5, 0.6) is 0 Å². The third kappa shape index (κ3) is 3.53. The first-order valence-electron chi connectivity index (χ1n) is 7.97. The van der Waals surface area contributed by atoms with Crippen LogP contribution < -0.4 is 5.32 Å². The van der Waals surface area contributed by atoms with Crippen LogP contribution in [0.2, 0.25) is 0 Å². The molecule has 1 aromatic heterocycles. The second-order valence-corrected chi connectivity index (χ2v) is 6.97. The molecule has 0 radical (unpaired) electrons. The SMILES string of the molecule is CCNC(Cc1nc(C)cs1)C1CCc2ccccc2C1. The van der Waals surface area contributed by atoms with E-state index in [-0.39, 0.29) is 0 Å². The van der Waals surface area contributed by atoms with Gasteiger partial charge in [-0.2, -0.15) is 0 Å². The normalized spacial score (nSPS) is 19.2. The van der Waals surface area contributed by atoms with Crippen LogP contribution in [0.25, 0.3) is 0 Å². The van der Waals surface area contributed by atoms with Gasteiger partial charge in [-0.15, -0.1) is 11.3 Å². The molecule has 0 saturated carbocycles. The highest BCUT2D eigenvalue weighted by Crippen LogP contribution is 2.29. The molecule has 21 heavy (non-hydrogen) atoms. The maximum atomic E-state index is 4.65. The molecule has 112 valence electrons. The molecular formula is C18H24N2S. The summed E-state index contributed by atoms with van der Waals surface area (Å²) in [5, 5.41) is 7.14. The van der Waals surface area contributed by atoms with Gasteiger partial charge in [0, 0.05) is 23.5 Å². The summed E-state index contributed by atoms with van der Waals surface area (Å²) in [5.41, 5.74) is 4.25. The van der Waals surface area contributed by atoms with Crippen molar-refractivity contribution in [2.45, 2.75) is 45.6 Å². The lowest BCUT2D eigenvalue weighted by Gasteiger charge is -2.31. The summed E-state index contributed by atoms with van der Waals surface area (Å²) in [7, 11) is 0. The molecule has 0 aliphatic heterocycles. The molecule has 0 fully saturated rings. The highest BCUT2D eigenvalue weighted by atomic mass is 32.1. The summed E-state index contributed by atoms with van der Waals surface area (Å²) in [5.74, 6) is 0.726. The van der Waals surface area contributed by atoms with Crippen molar-refractivity contribution in [3.8, 4) is 0 Å². The van der Waals surface area contributed by atoms with Gasteiger partial charge in [-0.3, -0.25) is 0 Å². The zero-order valence-corrected chi connectivity index (χ0v) is 13.7. The van der Waals surface area contributed by atoms with E-state index in [0.29, 0.717) is 6.04 Å². The summed E-state index contributed by atoms with van der Waals surface area (Å²) in [6.07, 6.45) is 4.79. The molecule has 2 unspecified atom stereocenters. The molecule has 1 aliphatic rings. The number of likely N-dealkylation sites (N-methyl/N-ethyl adjacent to an activating group) is 1. The third-order valence-corrected chi connectivity index (χ3v) is 5.47. The lowest BCUT2D eigenvalue weighted by Crippen LogP contribution is -2.40. The van der Waals surface area contributed by atoms with Gasteiger partial charge in [-0.05, 0) is 49.8 Å². The fraction of sp³-hybridized carbons (Fsp3) is 0.500. The van der Waals surface area contributed by atoms with Gasteiger partial charge in [0.05, 0.1) is 5.01 Å². The number of thiazole rings is 1. The van der Waals surface area contributed by atoms with Crippen molar-refractivity contribution < 1.29 is 0 Å². The Morgan fingerprint density at radius 1 is 1.33 bits per heavy atom. The molecule has 3 heteroatoms. The smallest absolute Gasteiger partial charge is 0.0943 e. The summed E-state index contributed by atoms with van der Waals surface area (Å²) in [6, 6.07) is 9.48. The largest absolute Gasteiger partial charge is 0.314 e. The first-order chi connectivity index (χ1) is 10.3. The molecular weight excluding hydrogens is 276 g/mol. The maximum absolute atomic E-state index is 4.65. The van der Waals surface area contributed by atoms with Crippen LogP contribution in [-0.2, 0) is 19.3 Å². The minimum absolute atomic E-state index is 0.550. The average Bonchev–Trinajstić information content (AvgIpc) is 2.91. The zero-order chi connectivity index (χ0) is 14.7. The maximum Gasteiger partial charge on any atom is 0.0943 e. The number of aryl methyl sites for hydroxylation is 2. The molecule has 1 aromatic carbocycles. The van der Waals surface area contributed by atoms with Gasteiger partial charge in [0.15, 0.2) is 0 Å². The van der Waals surface area contributed by atoms with Crippen molar-refractivity contribution >= 4 is 11.3 Å². The lowest BCUT2D eigenvalue weighted by atomic mass is 9.79. The van der Waals surface area contributed by atoms with E-state index in [4.69, 9.17) is 0 Å². The molecule has 0 spiro atoms. The quantitative estimate of drug-likeness (QED) is 0.909. The number of nitrogens with one attached hydrogen (secondary N) is 1. The Balaban J connectivity index is 1.72. The Kier molecular flexibility index (Phi) is 4.71. The van der Waals surface area contributed by atoms with Gasteiger partial charge in [-0.1, -0.05) is 31.2 Å². The molecule has 1 aliphatic carbocycles. The first-order valence-corrected chi connectivity index (χ1v) is 8.85. The Morgan fingerprint density at radius 2 is 2.14 bits per heavy atom. The van der Waals surface area contributed by atoms with E-state index in [2.05, 4.69) is 53.8 Å². The van der Waals surface area contributed by atoms with Crippen LogP contribution in [0.15, 0.2) is 29.6 Å². The fourth-order valence-corrected chi connectivity index (χ4v) is 4.25. The van der Waals surface area contributed by atoms with Crippen molar-refractivity contribution in [3.05, 3.63) is 51.5 Å². The number of benzene rings is 1. The van der Waals surface area contributed by atoms with E-state index in [1.807, 2.05) is 0 Å². The van der Waals surface area contributed by atoms with Crippen LogP contribution in [0.4, 0.5) is 0 Å². The van der Waals surface area contributed by atoms with Crippen LogP contribution in [0.3, 0.4) is 0 Å². The number of hydrogen-bond donors (Lipinski definition) is 1. The monoisotopic (exact) mass is 300 g/mol. The number of hydrogen-bond acceptors (Lipinski definition) is 3. The number of aromatic nitrogens is 1. The molecule has 2 atom stereocenters.